The maximum atomic E-state index is 11.5. The van der Waals surface area contributed by atoms with Gasteiger partial charge in [-0.25, -0.2) is 0 Å². The fourth-order valence-electron chi connectivity index (χ4n) is 2.25. The molecule has 11 heavy (non-hydrogen) atoms. The first-order chi connectivity index (χ1) is 5.31. The Balaban J connectivity index is 2.08. The summed E-state index contributed by atoms with van der Waals surface area (Å²) in [5, 5.41) is 0.495. The second kappa shape index (κ2) is 2.74. The van der Waals surface area contributed by atoms with Crippen LogP contribution in [0, 0.1) is 11.8 Å². The quantitative estimate of drug-likeness (QED) is 0.577. The van der Waals surface area contributed by atoms with E-state index in [2.05, 4.69) is 12.2 Å². The van der Waals surface area contributed by atoms with Crippen LogP contribution in [0.4, 0.5) is 0 Å². The zero-order chi connectivity index (χ0) is 7.84. The predicted octanol–water partition coefficient (Wildman–Crippen LogP) is 1.72. The summed E-state index contributed by atoms with van der Waals surface area (Å²) in [5.74, 6) is 2.25. The summed E-state index contributed by atoms with van der Waals surface area (Å²) in [5.41, 5.74) is 0. The molecule has 0 aliphatic heterocycles. The van der Waals surface area contributed by atoms with E-state index in [1.165, 1.54) is 12.8 Å². The van der Waals surface area contributed by atoms with Gasteiger partial charge < -0.3 is 0 Å². The Morgan fingerprint density at radius 3 is 2.73 bits per heavy atom. The van der Waals surface area contributed by atoms with Gasteiger partial charge in [-0.1, -0.05) is 19.1 Å². The molecular weight excluding hydrogens is 156 g/mol. The van der Waals surface area contributed by atoms with Gasteiger partial charge in [-0.05, 0) is 24.7 Å². The van der Waals surface area contributed by atoms with Crippen LogP contribution in [-0.4, -0.2) is 15.2 Å². The van der Waals surface area contributed by atoms with Crippen molar-refractivity contribution in [3.8, 4) is 0 Å². The van der Waals surface area contributed by atoms with Crippen molar-refractivity contribution in [2.45, 2.75) is 25.0 Å². The smallest absolute Gasteiger partial charge is 0.0416 e. The van der Waals surface area contributed by atoms with Crippen LogP contribution in [0.15, 0.2) is 12.2 Å². The maximum absolute atomic E-state index is 11.5. The van der Waals surface area contributed by atoms with Crippen LogP contribution in [0.5, 0.6) is 0 Å². The highest BCUT2D eigenvalue weighted by Crippen LogP contribution is 2.41. The summed E-state index contributed by atoms with van der Waals surface area (Å²) < 4.78 is 11.5. The standard InChI is InChI=1S/C9H14OS/c1-2-11(10)9-6-7-3-4-8(9)5-7/h3-4,7-9H,2,5-6H2,1H3/t7-,8+,9-,11?/m0/s1. The summed E-state index contributed by atoms with van der Waals surface area (Å²) >= 11 is 0. The Labute approximate surface area is 70.3 Å². The van der Waals surface area contributed by atoms with E-state index in [0.717, 1.165) is 11.7 Å². The number of hydrogen-bond acceptors (Lipinski definition) is 1. The summed E-state index contributed by atoms with van der Waals surface area (Å²) in [7, 11) is -0.553. The zero-order valence-electron chi connectivity index (χ0n) is 6.82. The minimum absolute atomic E-state index is 0.495. The van der Waals surface area contributed by atoms with E-state index >= 15 is 0 Å². The average Bonchev–Trinajstić information content (AvgIpc) is 2.62. The Morgan fingerprint density at radius 1 is 1.45 bits per heavy atom. The van der Waals surface area contributed by atoms with Gasteiger partial charge in [0.25, 0.3) is 0 Å². The minimum atomic E-state index is -0.553. The van der Waals surface area contributed by atoms with Crippen LogP contribution < -0.4 is 0 Å². The third-order valence-electron chi connectivity index (χ3n) is 2.84. The second-order valence-corrected chi connectivity index (χ2v) is 5.43. The van der Waals surface area contributed by atoms with E-state index in [-0.39, 0.29) is 0 Å². The topological polar surface area (TPSA) is 17.1 Å². The third-order valence-corrected chi connectivity index (χ3v) is 4.63. The molecule has 0 aromatic carbocycles. The number of fused-ring (bicyclic) bond motifs is 2. The summed E-state index contributed by atoms with van der Waals surface area (Å²) in [6.45, 7) is 2.02. The zero-order valence-corrected chi connectivity index (χ0v) is 7.64. The van der Waals surface area contributed by atoms with Crippen molar-refractivity contribution in [1.29, 1.82) is 0 Å². The van der Waals surface area contributed by atoms with Crippen LogP contribution in [0.2, 0.25) is 0 Å². The lowest BCUT2D eigenvalue weighted by molar-refractivity contribution is 0.642. The van der Waals surface area contributed by atoms with Gasteiger partial charge in [0.05, 0.1) is 0 Å². The Hall–Kier alpha value is -0.110. The van der Waals surface area contributed by atoms with Crippen LogP contribution in [0.25, 0.3) is 0 Å². The molecule has 0 N–H and O–H groups in total. The van der Waals surface area contributed by atoms with Crippen molar-refractivity contribution in [2.24, 2.45) is 11.8 Å². The predicted molar refractivity (Wildman–Crippen MR) is 47.8 cm³/mol. The molecule has 2 aliphatic rings. The van der Waals surface area contributed by atoms with Gasteiger partial charge >= 0.3 is 0 Å². The molecule has 62 valence electrons. The summed E-state index contributed by atoms with van der Waals surface area (Å²) in [4.78, 5) is 0. The molecule has 0 radical (unpaired) electrons. The van der Waals surface area contributed by atoms with E-state index in [9.17, 15) is 4.21 Å². The maximum Gasteiger partial charge on any atom is 0.0416 e. The normalized spacial score (nSPS) is 43.2. The second-order valence-electron chi connectivity index (χ2n) is 3.49. The van der Waals surface area contributed by atoms with Gasteiger partial charge in [0, 0.05) is 21.8 Å². The first kappa shape index (κ1) is 7.53. The summed E-state index contributed by atoms with van der Waals surface area (Å²) in [6.07, 6.45) is 7.03. The lowest BCUT2D eigenvalue weighted by Crippen LogP contribution is -2.21. The fourth-order valence-corrected chi connectivity index (χ4v) is 3.73. The van der Waals surface area contributed by atoms with E-state index in [1.54, 1.807) is 0 Å². The highest BCUT2D eigenvalue weighted by atomic mass is 32.2. The van der Waals surface area contributed by atoms with Gasteiger partial charge in [0.2, 0.25) is 0 Å². The van der Waals surface area contributed by atoms with Crippen molar-refractivity contribution in [3.63, 3.8) is 0 Å². The van der Waals surface area contributed by atoms with Crippen LogP contribution >= 0.6 is 0 Å². The molecule has 4 atom stereocenters. The Bertz CT molecular complexity index is 210. The molecule has 0 heterocycles. The van der Waals surface area contributed by atoms with E-state index in [4.69, 9.17) is 0 Å². The molecule has 1 saturated carbocycles. The van der Waals surface area contributed by atoms with E-state index in [0.29, 0.717) is 11.2 Å². The Kier molecular flexibility index (Phi) is 1.88. The average molecular weight is 170 g/mol. The van der Waals surface area contributed by atoms with Crippen molar-refractivity contribution in [1.82, 2.24) is 0 Å². The number of allylic oxidation sites excluding steroid dienone is 2. The highest BCUT2D eigenvalue weighted by molar-refractivity contribution is 7.85. The molecule has 2 rings (SSSR count). The largest absolute Gasteiger partial charge is 0.259 e. The lowest BCUT2D eigenvalue weighted by Gasteiger charge is -2.15. The van der Waals surface area contributed by atoms with Gasteiger partial charge in [0.1, 0.15) is 0 Å². The molecule has 2 heteroatoms. The highest BCUT2D eigenvalue weighted by Gasteiger charge is 2.38. The number of rotatable bonds is 2. The van der Waals surface area contributed by atoms with Crippen molar-refractivity contribution < 1.29 is 4.21 Å². The van der Waals surface area contributed by atoms with Crippen LogP contribution in [0.1, 0.15) is 19.8 Å². The number of hydrogen-bond donors (Lipinski definition) is 0. The third kappa shape index (κ3) is 1.18. The van der Waals surface area contributed by atoms with Crippen LogP contribution in [-0.2, 0) is 10.8 Å². The molecule has 1 unspecified atom stereocenters. The molecule has 0 aromatic heterocycles. The molecular formula is C9H14OS. The van der Waals surface area contributed by atoms with Gasteiger partial charge in [-0.2, -0.15) is 0 Å². The first-order valence-electron chi connectivity index (χ1n) is 4.36. The molecule has 1 fully saturated rings. The molecule has 1 nitrogen and oxygen atoms in total. The molecule has 0 aromatic rings. The van der Waals surface area contributed by atoms with Gasteiger partial charge in [0.15, 0.2) is 0 Å². The van der Waals surface area contributed by atoms with Crippen molar-refractivity contribution >= 4 is 10.8 Å². The van der Waals surface area contributed by atoms with Gasteiger partial charge in [-0.15, -0.1) is 0 Å². The molecule has 0 amide bonds. The van der Waals surface area contributed by atoms with E-state index in [1.807, 2.05) is 6.92 Å². The van der Waals surface area contributed by atoms with Crippen LogP contribution in [0.3, 0.4) is 0 Å². The molecule has 0 spiro atoms. The minimum Gasteiger partial charge on any atom is -0.259 e. The SMILES string of the molecule is CCS(=O)[C@H]1C[C@H]2C=C[C@@H]1C2. The first-order valence-corrected chi connectivity index (χ1v) is 5.75. The van der Waals surface area contributed by atoms with Crippen molar-refractivity contribution in [2.75, 3.05) is 5.75 Å². The van der Waals surface area contributed by atoms with Crippen molar-refractivity contribution in [3.05, 3.63) is 12.2 Å². The van der Waals surface area contributed by atoms with Gasteiger partial charge in [-0.3, -0.25) is 4.21 Å². The Morgan fingerprint density at radius 2 is 2.27 bits per heavy atom. The monoisotopic (exact) mass is 170 g/mol. The molecule has 2 aliphatic carbocycles. The van der Waals surface area contributed by atoms with E-state index < -0.39 is 10.8 Å². The fraction of sp³-hybridized carbons (Fsp3) is 0.778. The molecule has 2 bridgehead atoms. The molecule has 0 saturated heterocycles. The summed E-state index contributed by atoms with van der Waals surface area (Å²) in [6, 6.07) is 0. The lowest BCUT2D eigenvalue weighted by atomic mass is 10.1.